The smallest absolute Gasteiger partial charge is 0.162 e. The Morgan fingerprint density at radius 3 is 2.53 bits per heavy atom. The maximum Gasteiger partial charge on any atom is 0.162 e. The molecule has 1 aliphatic rings. The van der Waals surface area contributed by atoms with Crippen molar-refractivity contribution >= 4 is 15.9 Å². The van der Waals surface area contributed by atoms with Crippen LogP contribution in [0.3, 0.4) is 0 Å². The molecular formula is C12H13BrF2. The van der Waals surface area contributed by atoms with Crippen LogP contribution < -0.4 is 0 Å². The zero-order valence-electron chi connectivity index (χ0n) is 8.40. The predicted octanol–water partition coefficient (Wildman–Crippen LogP) is 4.07. The van der Waals surface area contributed by atoms with Gasteiger partial charge in [0.2, 0.25) is 0 Å². The van der Waals surface area contributed by atoms with Gasteiger partial charge in [-0.3, -0.25) is 0 Å². The molecular weight excluding hydrogens is 262 g/mol. The number of hydrogen-bond donors (Lipinski definition) is 0. The van der Waals surface area contributed by atoms with Gasteiger partial charge in [-0.2, -0.15) is 0 Å². The lowest BCUT2D eigenvalue weighted by atomic mass is 9.67. The Balaban J connectivity index is 2.20. The van der Waals surface area contributed by atoms with Crippen LogP contribution in [0.15, 0.2) is 18.2 Å². The number of halogens is 3. The summed E-state index contributed by atoms with van der Waals surface area (Å²) in [4.78, 5) is 0. The molecule has 0 atom stereocenters. The Bertz CT molecular complexity index is 353. The van der Waals surface area contributed by atoms with Crippen LogP contribution in [0.4, 0.5) is 8.78 Å². The summed E-state index contributed by atoms with van der Waals surface area (Å²) in [6.07, 6.45) is 4.05. The van der Waals surface area contributed by atoms with Crippen LogP contribution in [0.1, 0.15) is 24.8 Å². The van der Waals surface area contributed by atoms with Crippen LogP contribution in [0.2, 0.25) is 0 Å². The second-order valence-electron chi connectivity index (χ2n) is 4.38. The fourth-order valence-corrected chi connectivity index (χ4v) is 2.88. The summed E-state index contributed by atoms with van der Waals surface area (Å²) in [6, 6.07) is 4.43. The number of hydrogen-bond acceptors (Lipinski definition) is 0. The number of alkyl halides is 1. The molecule has 0 spiro atoms. The van der Waals surface area contributed by atoms with Crippen molar-refractivity contribution in [2.24, 2.45) is 5.41 Å². The van der Waals surface area contributed by atoms with Crippen molar-refractivity contribution in [3.05, 3.63) is 35.4 Å². The second kappa shape index (κ2) is 4.20. The first kappa shape index (κ1) is 11.1. The maximum absolute atomic E-state index is 13.4. The summed E-state index contributed by atoms with van der Waals surface area (Å²) >= 11 is 3.47. The molecule has 0 nitrogen and oxygen atoms in total. The fourth-order valence-electron chi connectivity index (χ4n) is 2.12. The SMILES string of the molecule is Fc1cccc(CC2(CBr)CCC2)c1F. The first-order valence-corrected chi connectivity index (χ1v) is 6.28. The molecule has 1 aliphatic carbocycles. The monoisotopic (exact) mass is 274 g/mol. The van der Waals surface area contributed by atoms with Gasteiger partial charge in [-0.15, -0.1) is 0 Å². The van der Waals surface area contributed by atoms with E-state index >= 15 is 0 Å². The van der Waals surface area contributed by atoms with Crippen LogP contribution >= 0.6 is 15.9 Å². The minimum Gasteiger partial charge on any atom is -0.204 e. The lowest BCUT2D eigenvalue weighted by molar-refractivity contribution is 0.168. The molecule has 0 heterocycles. The van der Waals surface area contributed by atoms with Crippen LogP contribution in [0, 0.1) is 17.0 Å². The van der Waals surface area contributed by atoms with Gasteiger partial charge in [-0.05, 0) is 36.3 Å². The highest BCUT2D eigenvalue weighted by Gasteiger charge is 2.36. The van der Waals surface area contributed by atoms with Crippen LogP contribution in [-0.2, 0) is 6.42 Å². The number of benzene rings is 1. The van der Waals surface area contributed by atoms with Gasteiger partial charge < -0.3 is 0 Å². The summed E-state index contributed by atoms with van der Waals surface area (Å²) in [5, 5.41) is 0.871. The van der Waals surface area contributed by atoms with Gasteiger partial charge in [0.1, 0.15) is 0 Å². The van der Waals surface area contributed by atoms with E-state index in [9.17, 15) is 8.78 Å². The van der Waals surface area contributed by atoms with E-state index in [0.29, 0.717) is 12.0 Å². The third-order valence-corrected chi connectivity index (χ3v) is 4.48. The van der Waals surface area contributed by atoms with Gasteiger partial charge in [0.25, 0.3) is 0 Å². The Kier molecular flexibility index (Phi) is 3.10. The standard InChI is InChI=1S/C12H13BrF2/c13-8-12(5-2-6-12)7-9-3-1-4-10(14)11(9)15/h1,3-4H,2,5-8H2. The van der Waals surface area contributed by atoms with Crippen molar-refractivity contribution in [1.29, 1.82) is 0 Å². The van der Waals surface area contributed by atoms with E-state index in [1.165, 1.54) is 12.5 Å². The largest absolute Gasteiger partial charge is 0.204 e. The molecule has 0 unspecified atom stereocenters. The Labute approximate surface area is 96.8 Å². The third-order valence-electron chi connectivity index (χ3n) is 3.29. The average molecular weight is 275 g/mol. The van der Waals surface area contributed by atoms with E-state index in [1.807, 2.05) is 0 Å². The zero-order chi connectivity index (χ0) is 10.9. The molecule has 82 valence electrons. The normalized spacial score (nSPS) is 18.6. The lowest BCUT2D eigenvalue weighted by Crippen LogP contribution is -2.33. The molecule has 15 heavy (non-hydrogen) atoms. The van der Waals surface area contributed by atoms with Gasteiger partial charge in [-0.1, -0.05) is 34.5 Å². The summed E-state index contributed by atoms with van der Waals surface area (Å²) in [7, 11) is 0. The topological polar surface area (TPSA) is 0 Å². The Morgan fingerprint density at radius 1 is 1.27 bits per heavy atom. The van der Waals surface area contributed by atoms with E-state index in [1.54, 1.807) is 12.1 Å². The minimum atomic E-state index is -0.739. The second-order valence-corrected chi connectivity index (χ2v) is 4.94. The fraction of sp³-hybridized carbons (Fsp3) is 0.500. The molecule has 0 N–H and O–H groups in total. The first-order chi connectivity index (χ1) is 7.17. The molecule has 0 aliphatic heterocycles. The van der Waals surface area contributed by atoms with Gasteiger partial charge >= 0.3 is 0 Å². The van der Waals surface area contributed by atoms with Crippen molar-refractivity contribution in [3.8, 4) is 0 Å². The highest BCUT2D eigenvalue weighted by Crippen LogP contribution is 2.45. The molecule has 0 bridgehead atoms. The van der Waals surface area contributed by atoms with Crippen LogP contribution in [-0.4, -0.2) is 5.33 Å². The quantitative estimate of drug-likeness (QED) is 0.729. The predicted molar refractivity (Wildman–Crippen MR) is 60.1 cm³/mol. The molecule has 1 aromatic carbocycles. The molecule has 0 aromatic heterocycles. The molecule has 0 saturated heterocycles. The van der Waals surface area contributed by atoms with Gasteiger partial charge in [0.05, 0.1) is 0 Å². The highest BCUT2D eigenvalue weighted by molar-refractivity contribution is 9.09. The maximum atomic E-state index is 13.4. The van der Waals surface area contributed by atoms with Crippen molar-refractivity contribution in [3.63, 3.8) is 0 Å². The summed E-state index contributed by atoms with van der Waals surface area (Å²) < 4.78 is 26.4. The van der Waals surface area contributed by atoms with Crippen LogP contribution in [0.25, 0.3) is 0 Å². The van der Waals surface area contributed by atoms with E-state index in [0.717, 1.165) is 18.2 Å². The first-order valence-electron chi connectivity index (χ1n) is 5.16. The summed E-state index contributed by atoms with van der Waals surface area (Å²) in [5.41, 5.74) is 0.670. The molecule has 1 fully saturated rings. The molecule has 0 radical (unpaired) electrons. The molecule has 2 rings (SSSR count). The van der Waals surface area contributed by atoms with Crippen molar-refractivity contribution in [2.75, 3.05) is 5.33 Å². The van der Waals surface area contributed by atoms with Gasteiger partial charge in [-0.25, -0.2) is 8.78 Å². The third kappa shape index (κ3) is 2.07. The van der Waals surface area contributed by atoms with Gasteiger partial charge in [0, 0.05) is 5.33 Å². The lowest BCUT2D eigenvalue weighted by Gasteiger charge is -2.40. The Morgan fingerprint density at radius 2 is 2.00 bits per heavy atom. The highest BCUT2D eigenvalue weighted by atomic mass is 79.9. The van der Waals surface area contributed by atoms with E-state index in [-0.39, 0.29) is 5.41 Å². The zero-order valence-corrected chi connectivity index (χ0v) is 9.99. The number of rotatable bonds is 3. The van der Waals surface area contributed by atoms with E-state index in [4.69, 9.17) is 0 Å². The van der Waals surface area contributed by atoms with Gasteiger partial charge in [0.15, 0.2) is 11.6 Å². The molecule has 3 heteroatoms. The van der Waals surface area contributed by atoms with Crippen molar-refractivity contribution in [2.45, 2.75) is 25.7 Å². The summed E-state index contributed by atoms with van der Waals surface area (Å²) in [5.74, 6) is -1.42. The molecule has 1 saturated carbocycles. The van der Waals surface area contributed by atoms with Crippen LogP contribution in [0.5, 0.6) is 0 Å². The minimum absolute atomic E-state index is 0.161. The van der Waals surface area contributed by atoms with E-state index < -0.39 is 11.6 Å². The van der Waals surface area contributed by atoms with E-state index in [2.05, 4.69) is 15.9 Å². The van der Waals surface area contributed by atoms with Crippen molar-refractivity contribution in [1.82, 2.24) is 0 Å². The average Bonchev–Trinajstić information content (AvgIpc) is 2.18. The molecule has 1 aromatic rings. The summed E-state index contributed by atoms with van der Waals surface area (Å²) in [6.45, 7) is 0. The van der Waals surface area contributed by atoms with Crippen molar-refractivity contribution < 1.29 is 8.78 Å². The Hall–Kier alpha value is -0.440. The molecule has 0 amide bonds.